The summed E-state index contributed by atoms with van der Waals surface area (Å²) in [6, 6.07) is 4.05. The zero-order valence-corrected chi connectivity index (χ0v) is 9.87. The van der Waals surface area contributed by atoms with E-state index in [1.54, 1.807) is 13.1 Å². The minimum Gasteiger partial charge on any atom is -0.219 e. The summed E-state index contributed by atoms with van der Waals surface area (Å²) in [5, 5.41) is 7.86. The number of aromatic nitrogens is 3. The number of nitrogens with zero attached hydrogens (tertiary/aromatic N) is 3. The molecule has 2 aromatic rings. The molecule has 6 heteroatoms. The van der Waals surface area contributed by atoms with Crippen LogP contribution in [0.3, 0.4) is 0 Å². The molecule has 0 saturated carbocycles. The monoisotopic (exact) mass is 259 g/mol. The molecule has 1 unspecified atom stereocenters. The highest BCUT2D eigenvalue weighted by atomic mass is 35.5. The largest absolute Gasteiger partial charge is 0.219 e. The smallest absolute Gasteiger partial charge is 0.125 e. The van der Waals surface area contributed by atoms with Gasteiger partial charge < -0.3 is 0 Å². The van der Waals surface area contributed by atoms with Gasteiger partial charge in [0.05, 0.1) is 22.3 Å². The third-order valence-electron chi connectivity index (χ3n) is 2.07. The molecule has 0 fully saturated rings. The first-order valence-electron chi connectivity index (χ1n) is 4.59. The molecule has 84 valence electrons. The first kappa shape index (κ1) is 11.4. The maximum absolute atomic E-state index is 13.1. The average Bonchev–Trinajstić information content (AvgIpc) is 2.70. The highest BCUT2D eigenvalue weighted by molar-refractivity contribution is 6.32. The molecule has 0 aliphatic carbocycles. The summed E-state index contributed by atoms with van der Waals surface area (Å²) >= 11 is 11.8. The van der Waals surface area contributed by atoms with Crippen LogP contribution in [0.4, 0.5) is 4.39 Å². The van der Waals surface area contributed by atoms with Crippen LogP contribution >= 0.6 is 23.2 Å². The second-order valence-corrected chi connectivity index (χ2v) is 4.36. The Morgan fingerprint density at radius 1 is 1.44 bits per heavy atom. The Bertz CT molecular complexity index is 511. The molecular formula is C10H8Cl2FN3. The normalized spacial score (nSPS) is 12.8. The predicted molar refractivity (Wildman–Crippen MR) is 60.6 cm³/mol. The second kappa shape index (κ2) is 4.39. The zero-order valence-electron chi connectivity index (χ0n) is 8.36. The predicted octanol–water partition coefficient (Wildman–Crippen LogP) is 3.36. The van der Waals surface area contributed by atoms with Crippen molar-refractivity contribution in [3.63, 3.8) is 0 Å². The first-order chi connectivity index (χ1) is 7.58. The van der Waals surface area contributed by atoms with Crippen LogP contribution in [0.25, 0.3) is 5.69 Å². The zero-order chi connectivity index (χ0) is 11.7. The van der Waals surface area contributed by atoms with E-state index < -0.39 is 0 Å². The number of benzene rings is 1. The van der Waals surface area contributed by atoms with Gasteiger partial charge in [0.15, 0.2) is 0 Å². The molecule has 0 amide bonds. The van der Waals surface area contributed by atoms with E-state index in [0.29, 0.717) is 16.4 Å². The molecule has 0 spiro atoms. The van der Waals surface area contributed by atoms with Crippen molar-refractivity contribution in [2.24, 2.45) is 0 Å². The van der Waals surface area contributed by atoms with Crippen LogP contribution in [-0.4, -0.2) is 15.0 Å². The van der Waals surface area contributed by atoms with Gasteiger partial charge in [-0.1, -0.05) is 16.8 Å². The highest BCUT2D eigenvalue weighted by Crippen LogP contribution is 2.22. The van der Waals surface area contributed by atoms with Crippen molar-refractivity contribution in [1.29, 1.82) is 0 Å². The Kier molecular flexibility index (Phi) is 3.12. The van der Waals surface area contributed by atoms with Crippen LogP contribution in [0.2, 0.25) is 5.02 Å². The highest BCUT2D eigenvalue weighted by Gasteiger charge is 2.10. The quantitative estimate of drug-likeness (QED) is 0.775. The SMILES string of the molecule is CC(Cl)c1cn(-c2cc(F)ccc2Cl)nn1. The lowest BCUT2D eigenvalue weighted by Crippen LogP contribution is -1.96. The summed E-state index contributed by atoms with van der Waals surface area (Å²) in [5.41, 5.74) is 1.06. The average molecular weight is 260 g/mol. The molecule has 0 bridgehead atoms. The molecule has 1 atom stereocenters. The fourth-order valence-electron chi connectivity index (χ4n) is 1.24. The molecule has 0 aliphatic heterocycles. The summed E-state index contributed by atoms with van der Waals surface area (Å²) in [6.07, 6.45) is 1.62. The van der Waals surface area contributed by atoms with Crippen molar-refractivity contribution in [3.8, 4) is 5.69 Å². The fraction of sp³-hybridized carbons (Fsp3) is 0.200. The summed E-state index contributed by atoms with van der Waals surface area (Å²) in [7, 11) is 0. The van der Waals surface area contributed by atoms with Crippen molar-refractivity contribution in [3.05, 3.63) is 40.9 Å². The minimum absolute atomic E-state index is 0.249. The van der Waals surface area contributed by atoms with E-state index in [0.717, 1.165) is 0 Å². The van der Waals surface area contributed by atoms with Crippen LogP contribution in [0.5, 0.6) is 0 Å². The third kappa shape index (κ3) is 2.18. The standard InChI is InChI=1S/C10H8Cl2FN3/c1-6(11)9-5-16(15-14-9)10-4-7(13)2-3-8(10)12/h2-6H,1H3. The van der Waals surface area contributed by atoms with Crippen LogP contribution in [-0.2, 0) is 0 Å². The molecule has 0 radical (unpaired) electrons. The molecule has 0 saturated heterocycles. The topological polar surface area (TPSA) is 30.7 Å². The summed E-state index contributed by atoms with van der Waals surface area (Å²) in [6.45, 7) is 1.78. The van der Waals surface area contributed by atoms with Crippen molar-refractivity contribution in [2.45, 2.75) is 12.3 Å². The van der Waals surface area contributed by atoms with Gasteiger partial charge >= 0.3 is 0 Å². The Morgan fingerprint density at radius 3 is 2.81 bits per heavy atom. The molecule has 1 aromatic carbocycles. The Hall–Kier alpha value is -1.13. The molecule has 1 heterocycles. The maximum atomic E-state index is 13.1. The minimum atomic E-state index is -0.379. The van der Waals surface area contributed by atoms with Gasteiger partial charge in [0.2, 0.25) is 0 Å². The Labute approximate surface area is 102 Å². The van der Waals surface area contributed by atoms with Gasteiger partial charge in [-0.3, -0.25) is 0 Å². The number of hydrogen-bond donors (Lipinski definition) is 0. The van der Waals surface area contributed by atoms with Gasteiger partial charge in [-0.25, -0.2) is 9.07 Å². The van der Waals surface area contributed by atoms with E-state index in [1.165, 1.54) is 22.9 Å². The van der Waals surface area contributed by atoms with Gasteiger partial charge in [-0.05, 0) is 19.1 Å². The summed E-state index contributed by atoms with van der Waals surface area (Å²) in [5.74, 6) is -0.379. The van der Waals surface area contributed by atoms with Crippen LogP contribution in [0.1, 0.15) is 18.0 Å². The lowest BCUT2D eigenvalue weighted by Gasteiger charge is -2.02. The number of alkyl halides is 1. The van der Waals surface area contributed by atoms with E-state index in [2.05, 4.69) is 10.3 Å². The molecule has 2 rings (SSSR count). The van der Waals surface area contributed by atoms with E-state index >= 15 is 0 Å². The molecule has 3 nitrogen and oxygen atoms in total. The molecule has 16 heavy (non-hydrogen) atoms. The van der Waals surface area contributed by atoms with E-state index in [-0.39, 0.29) is 11.2 Å². The van der Waals surface area contributed by atoms with Gasteiger partial charge in [0.1, 0.15) is 11.5 Å². The summed E-state index contributed by atoms with van der Waals surface area (Å²) in [4.78, 5) is 0. The first-order valence-corrected chi connectivity index (χ1v) is 5.41. The Balaban J connectivity index is 2.46. The van der Waals surface area contributed by atoms with Crippen LogP contribution in [0, 0.1) is 5.82 Å². The van der Waals surface area contributed by atoms with E-state index in [9.17, 15) is 4.39 Å². The van der Waals surface area contributed by atoms with Crippen molar-refractivity contribution < 1.29 is 4.39 Å². The number of halogens is 3. The van der Waals surface area contributed by atoms with Gasteiger partial charge in [-0.2, -0.15) is 0 Å². The van der Waals surface area contributed by atoms with Crippen molar-refractivity contribution in [2.75, 3.05) is 0 Å². The van der Waals surface area contributed by atoms with Gasteiger partial charge in [0, 0.05) is 6.07 Å². The summed E-state index contributed by atoms with van der Waals surface area (Å²) < 4.78 is 14.5. The number of rotatable bonds is 2. The second-order valence-electron chi connectivity index (χ2n) is 3.30. The third-order valence-corrected chi connectivity index (χ3v) is 2.62. The molecule has 1 aromatic heterocycles. The lowest BCUT2D eigenvalue weighted by molar-refractivity contribution is 0.625. The molecular weight excluding hydrogens is 252 g/mol. The van der Waals surface area contributed by atoms with Crippen LogP contribution in [0.15, 0.2) is 24.4 Å². The fourth-order valence-corrected chi connectivity index (χ4v) is 1.54. The van der Waals surface area contributed by atoms with E-state index in [1.807, 2.05) is 0 Å². The van der Waals surface area contributed by atoms with Gasteiger partial charge in [0.25, 0.3) is 0 Å². The van der Waals surface area contributed by atoms with Crippen LogP contribution < -0.4 is 0 Å². The molecule has 0 aliphatic rings. The lowest BCUT2D eigenvalue weighted by atomic mass is 10.3. The van der Waals surface area contributed by atoms with Crippen molar-refractivity contribution >= 4 is 23.2 Å². The van der Waals surface area contributed by atoms with Gasteiger partial charge in [-0.15, -0.1) is 16.7 Å². The number of hydrogen-bond acceptors (Lipinski definition) is 2. The Morgan fingerprint density at radius 2 is 2.19 bits per heavy atom. The maximum Gasteiger partial charge on any atom is 0.125 e. The van der Waals surface area contributed by atoms with E-state index in [4.69, 9.17) is 23.2 Å². The van der Waals surface area contributed by atoms with Crippen molar-refractivity contribution in [1.82, 2.24) is 15.0 Å². The molecule has 0 N–H and O–H groups in total.